The maximum Gasteiger partial charge on any atom is 0.323 e. The number of rotatable bonds is 4. The van der Waals surface area contributed by atoms with Gasteiger partial charge >= 0.3 is 5.97 Å². The van der Waals surface area contributed by atoms with Crippen LogP contribution in [0.5, 0.6) is 0 Å². The summed E-state index contributed by atoms with van der Waals surface area (Å²) in [5.74, 6) is -1.24. The van der Waals surface area contributed by atoms with Crippen molar-refractivity contribution in [1.29, 1.82) is 0 Å². The number of hydrogen-bond acceptors (Lipinski definition) is 2. The Morgan fingerprint density at radius 3 is 2.32 bits per heavy atom. The highest BCUT2D eigenvalue weighted by molar-refractivity contribution is 5.99. The van der Waals surface area contributed by atoms with Crippen molar-refractivity contribution >= 4 is 17.6 Å². The van der Waals surface area contributed by atoms with Crippen molar-refractivity contribution < 1.29 is 14.7 Å². The number of hydrogen-bond donors (Lipinski definition) is 1. The van der Waals surface area contributed by atoms with Gasteiger partial charge in [-0.3, -0.25) is 9.59 Å². The molecule has 4 heteroatoms. The van der Waals surface area contributed by atoms with E-state index in [0.717, 1.165) is 5.56 Å². The second kappa shape index (κ2) is 5.69. The van der Waals surface area contributed by atoms with Crippen molar-refractivity contribution in [2.75, 3.05) is 11.4 Å². The predicted molar refractivity (Wildman–Crippen MR) is 73.0 cm³/mol. The average Bonchev–Trinajstić information content (AvgIpc) is 2.90. The van der Waals surface area contributed by atoms with Crippen molar-refractivity contribution in [3.05, 3.63) is 42.0 Å². The first-order chi connectivity index (χ1) is 9.08. The number of nitrogens with zero attached hydrogens (tertiary/aromatic N) is 1. The standard InChI is InChI=1S/C15H17NO3/c1-11-6-8-13(9-7-11)16(10-14(17)18)15(19)12-4-2-3-5-12/h2-3,6-9,12H,4-5,10H2,1H3,(H,17,18). The number of aliphatic carboxylic acids is 1. The number of allylic oxidation sites excluding steroid dienone is 2. The number of carbonyl (C=O) groups is 2. The van der Waals surface area contributed by atoms with Gasteiger partial charge in [0, 0.05) is 11.6 Å². The van der Waals surface area contributed by atoms with Crippen molar-refractivity contribution in [1.82, 2.24) is 0 Å². The summed E-state index contributed by atoms with van der Waals surface area (Å²) < 4.78 is 0. The highest BCUT2D eigenvalue weighted by atomic mass is 16.4. The molecule has 0 radical (unpaired) electrons. The topological polar surface area (TPSA) is 57.6 Å². The van der Waals surface area contributed by atoms with Gasteiger partial charge in [0.25, 0.3) is 0 Å². The van der Waals surface area contributed by atoms with Crippen LogP contribution >= 0.6 is 0 Å². The summed E-state index contributed by atoms with van der Waals surface area (Å²) in [5.41, 5.74) is 1.72. The Hall–Kier alpha value is -2.10. The van der Waals surface area contributed by atoms with Gasteiger partial charge in [-0.15, -0.1) is 0 Å². The molecule has 1 aromatic carbocycles. The largest absolute Gasteiger partial charge is 0.480 e. The van der Waals surface area contributed by atoms with Crippen LogP contribution in [-0.2, 0) is 9.59 Å². The van der Waals surface area contributed by atoms with Gasteiger partial charge in [0.05, 0.1) is 0 Å². The van der Waals surface area contributed by atoms with Crippen LogP contribution in [-0.4, -0.2) is 23.5 Å². The minimum atomic E-state index is -1.00. The molecule has 0 aliphatic heterocycles. The van der Waals surface area contributed by atoms with Crippen LogP contribution < -0.4 is 4.90 Å². The van der Waals surface area contributed by atoms with E-state index < -0.39 is 5.97 Å². The molecule has 0 spiro atoms. The molecular weight excluding hydrogens is 242 g/mol. The maximum atomic E-state index is 12.4. The second-order valence-corrected chi connectivity index (χ2v) is 4.79. The molecule has 1 aliphatic rings. The van der Waals surface area contributed by atoms with E-state index in [0.29, 0.717) is 18.5 Å². The van der Waals surface area contributed by atoms with Gasteiger partial charge in [0.2, 0.25) is 5.91 Å². The van der Waals surface area contributed by atoms with Crippen LogP contribution in [0.25, 0.3) is 0 Å². The highest BCUT2D eigenvalue weighted by Crippen LogP contribution is 2.24. The summed E-state index contributed by atoms with van der Waals surface area (Å²) >= 11 is 0. The number of carboxylic acids is 1. The second-order valence-electron chi connectivity index (χ2n) is 4.79. The molecule has 0 bridgehead atoms. The zero-order chi connectivity index (χ0) is 13.8. The van der Waals surface area contributed by atoms with Crippen LogP contribution in [0.1, 0.15) is 18.4 Å². The Kier molecular flexibility index (Phi) is 4.00. The summed E-state index contributed by atoms with van der Waals surface area (Å²) in [7, 11) is 0. The van der Waals surface area contributed by atoms with Crippen LogP contribution in [0.4, 0.5) is 5.69 Å². The molecule has 1 N–H and O–H groups in total. The fourth-order valence-corrected chi connectivity index (χ4v) is 2.20. The van der Waals surface area contributed by atoms with E-state index in [1.807, 2.05) is 31.2 Å². The van der Waals surface area contributed by atoms with E-state index >= 15 is 0 Å². The van der Waals surface area contributed by atoms with Crippen molar-refractivity contribution in [3.63, 3.8) is 0 Å². The number of benzene rings is 1. The third kappa shape index (κ3) is 3.22. The maximum absolute atomic E-state index is 12.4. The third-order valence-electron chi connectivity index (χ3n) is 3.26. The molecule has 0 heterocycles. The lowest BCUT2D eigenvalue weighted by atomic mass is 10.0. The normalized spacial score (nSPS) is 14.6. The Morgan fingerprint density at radius 2 is 1.79 bits per heavy atom. The molecule has 0 unspecified atom stereocenters. The van der Waals surface area contributed by atoms with Crippen molar-refractivity contribution in [3.8, 4) is 0 Å². The van der Waals surface area contributed by atoms with Gasteiger partial charge in [0.15, 0.2) is 0 Å². The minimum absolute atomic E-state index is 0.115. The molecule has 2 rings (SSSR count). The number of aryl methyl sites for hydroxylation is 1. The summed E-state index contributed by atoms with van der Waals surface area (Å²) in [6.45, 7) is 1.66. The van der Waals surface area contributed by atoms with E-state index in [1.54, 1.807) is 12.1 Å². The predicted octanol–water partition coefficient (Wildman–Crippen LogP) is 2.38. The fraction of sp³-hybridized carbons (Fsp3) is 0.333. The molecule has 100 valence electrons. The van der Waals surface area contributed by atoms with Gasteiger partial charge in [-0.2, -0.15) is 0 Å². The molecule has 0 fully saturated rings. The van der Waals surface area contributed by atoms with E-state index in [1.165, 1.54) is 4.90 Å². The molecule has 0 atom stereocenters. The van der Waals surface area contributed by atoms with Gasteiger partial charge < -0.3 is 10.0 Å². The van der Waals surface area contributed by atoms with Crippen molar-refractivity contribution in [2.45, 2.75) is 19.8 Å². The van der Waals surface area contributed by atoms with Crippen LogP contribution in [0, 0.1) is 12.8 Å². The highest BCUT2D eigenvalue weighted by Gasteiger charge is 2.27. The number of carboxylic acid groups (broad SMARTS) is 1. The Labute approximate surface area is 112 Å². The summed E-state index contributed by atoms with van der Waals surface area (Å²) in [5, 5.41) is 8.98. The van der Waals surface area contributed by atoms with Gasteiger partial charge in [-0.1, -0.05) is 29.8 Å². The van der Waals surface area contributed by atoms with Crippen LogP contribution in [0.15, 0.2) is 36.4 Å². The Balaban J connectivity index is 2.22. The fourth-order valence-electron chi connectivity index (χ4n) is 2.20. The van der Waals surface area contributed by atoms with Crippen molar-refractivity contribution in [2.24, 2.45) is 5.92 Å². The molecule has 0 saturated carbocycles. The summed E-state index contributed by atoms with van der Waals surface area (Å²) in [6.07, 6.45) is 5.33. The first kappa shape index (κ1) is 13.3. The van der Waals surface area contributed by atoms with E-state index in [4.69, 9.17) is 5.11 Å². The first-order valence-electron chi connectivity index (χ1n) is 6.33. The quantitative estimate of drug-likeness (QED) is 0.844. The molecule has 1 amide bonds. The zero-order valence-electron chi connectivity index (χ0n) is 10.9. The number of carbonyl (C=O) groups excluding carboxylic acids is 1. The van der Waals surface area contributed by atoms with Gasteiger partial charge in [-0.05, 0) is 31.9 Å². The summed E-state index contributed by atoms with van der Waals surface area (Å²) in [4.78, 5) is 24.7. The molecule has 1 aliphatic carbocycles. The monoisotopic (exact) mass is 259 g/mol. The SMILES string of the molecule is Cc1ccc(N(CC(=O)O)C(=O)C2CC=CC2)cc1. The molecule has 0 aromatic heterocycles. The Morgan fingerprint density at radius 1 is 1.21 bits per heavy atom. The molecule has 1 aromatic rings. The van der Waals surface area contributed by atoms with Gasteiger partial charge in [0.1, 0.15) is 6.54 Å². The van der Waals surface area contributed by atoms with E-state index in [2.05, 4.69) is 0 Å². The van der Waals surface area contributed by atoms with E-state index in [9.17, 15) is 9.59 Å². The lowest BCUT2D eigenvalue weighted by molar-refractivity contribution is -0.137. The zero-order valence-corrected chi connectivity index (χ0v) is 10.9. The lowest BCUT2D eigenvalue weighted by Crippen LogP contribution is -2.39. The smallest absolute Gasteiger partial charge is 0.323 e. The number of anilines is 1. The molecule has 19 heavy (non-hydrogen) atoms. The average molecular weight is 259 g/mol. The van der Waals surface area contributed by atoms with Crippen LogP contribution in [0.3, 0.4) is 0 Å². The van der Waals surface area contributed by atoms with Gasteiger partial charge in [-0.25, -0.2) is 0 Å². The van der Waals surface area contributed by atoms with E-state index in [-0.39, 0.29) is 18.4 Å². The first-order valence-corrected chi connectivity index (χ1v) is 6.33. The number of amides is 1. The summed E-state index contributed by atoms with van der Waals surface area (Å²) in [6, 6.07) is 7.34. The molecular formula is C15H17NO3. The Bertz CT molecular complexity index is 497. The third-order valence-corrected chi connectivity index (χ3v) is 3.26. The minimum Gasteiger partial charge on any atom is -0.480 e. The van der Waals surface area contributed by atoms with Crippen LogP contribution in [0.2, 0.25) is 0 Å². The lowest BCUT2D eigenvalue weighted by Gasteiger charge is -2.24. The molecule has 0 saturated heterocycles. The molecule has 4 nitrogen and oxygen atoms in total.